The predicted octanol–water partition coefficient (Wildman–Crippen LogP) is 1.95. The van der Waals surface area contributed by atoms with Gasteiger partial charge in [-0.1, -0.05) is 48.5 Å². The van der Waals surface area contributed by atoms with Crippen molar-refractivity contribution in [3.8, 4) is 11.1 Å². The first-order chi connectivity index (χ1) is 9.31. The van der Waals surface area contributed by atoms with Gasteiger partial charge in [-0.05, 0) is 11.1 Å². The van der Waals surface area contributed by atoms with Gasteiger partial charge in [0, 0.05) is 18.2 Å². The Bertz CT molecular complexity index is 639. The summed E-state index contributed by atoms with van der Waals surface area (Å²) in [7, 11) is 1.62. The van der Waals surface area contributed by atoms with Crippen molar-refractivity contribution in [1.82, 2.24) is 5.43 Å². The SMILES string of the molecule is CN=C(N)NN=C1c2ccccc2-c2ccccc21. The second kappa shape index (κ2) is 4.57. The third-order valence-corrected chi connectivity index (χ3v) is 3.18. The van der Waals surface area contributed by atoms with Crippen LogP contribution in [0, 0.1) is 0 Å². The first-order valence-electron chi connectivity index (χ1n) is 6.06. The maximum Gasteiger partial charge on any atom is 0.209 e. The van der Waals surface area contributed by atoms with E-state index in [0.717, 1.165) is 16.8 Å². The normalized spacial score (nSPS) is 12.9. The fourth-order valence-electron chi connectivity index (χ4n) is 2.28. The van der Waals surface area contributed by atoms with E-state index < -0.39 is 0 Å². The molecule has 4 nitrogen and oxygen atoms in total. The third kappa shape index (κ3) is 1.87. The molecular formula is C15H14N4. The van der Waals surface area contributed by atoms with Gasteiger partial charge >= 0.3 is 0 Å². The number of nitrogens with zero attached hydrogens (tertiary/aromatic N) is 2. The van der Waals surface area contributed by atoms with Gasteiger partial charge in [0.15, 0.2) is 0 Å². The zero-order valence-corrected chi connectivity index (χ0v) is 10.6. The number of fused-ring (bicyclic) bond motifs is 3. The van der Waals surface area contributed by atoms with Crippen LogP contribution in [-0.2, 0) is 0 Å². The average molecular weight is 250 g/mol. The molecule has 3 N–H and O–H groups in total. The highest BCUT2D eigenvalue weighted by Gasteiger charge is 2.23. The molecule has 0 aromatic heterocycles. The molecule has 2 aromatic carbocycles. The van der Waals surface area contributed by atoms with E-state index in [0.29, 0.717) is 5.96 Å². The van der Waals surface area contributed by atoms with Gasteiger partial charge < -0.3 is 5.73 Å². The Labute approximate surface area is 111 Å². The van der Waals surface area contributed by atoms with E-state index in [1.54, 1.807) is 7.05 Å². The van der Waals surface area contributed by atoms with E-state index in [-0.39, 0.29) is 0 Å². The van der Waals surface area contributed by atoms with Crippen LogP contribution < -0.4 is 11.2 Å². The largest absolute Gasteiger partial charge is 0.369 e. The topological polar surface area (TPSA) is 62.8 Å². The van der Waals surface area contributed by atoms with Gasteiger partial charge in [0.05, 0.1) is 5.71 Å². The molecule has 0 saturated carbocycles. The van der Waals surface area contributed by atoms with Crippen LogP contribution in [0.1, 0.15) is 11.1 Å². The van der Waals surface area contributed by atoms with Crippen LogP contribution in [0.4, 0.5) is 0 Å². The first kappa shape index (κ1) is 11.5. The van der Waals surface area contributed by atoms with Crippen molar-refractivity contribution < 1.29 is 0 Å². The molecule has 1 aliphatic carbocycles. The first-order valence-corrected chi connectivity index (χ1v) is 6.06. The summed E-state index contributed by atoms with van der Waals surface area (Å²) < 4.78 is 0. The molecule has 0 heterocycles. The molecule has 0 radical (unpaired) electrons. The highest BCUT2D eigenvalue weighted by Crippen LogP contribution is 2.36. The Kier molecular flexibility index (Phi) is 2.76. The van der Waals surface area contributed by atoms with Crippen molar-refractivity contribution in [2.45, 2.75) is 0 Å². The minimum atomic E-state index is 0.300. The van der Waals surface area contributed by atoms with Crippen LogP contribution >= 0.6 is 0 Å². The lowest BCUT2D eigenvalue weighted by Gasteiger charge is -2.02. The second-order valence-electron chi connectivity index (χ2n) is 4.27. The fourth-order valence-corrected chi connectivity index (χ4v) is 2.28. The maximum atomic E-state index is 5.62. The highest BCUT2D eigenvalue weighted by molar-refractivity contribution is 6.24. The maximum absolute atomic E-state index is 5.62. The van der Waals surface area contributed by atoms with Crippen LogP contribution in [0.5, 0.6) is 0 Å². The highest BCUT2D eigenvalue weighted by atomic mass is 15.4. The Morgan fingerprint density at radius 3 is 1.84 bits per heavy atom. The number of hydrazone groups is 1. The summed E-state index contributed by atoms with van der Waals surface area (Å²) in [5.41, 5.74) is 13.9. The van der Waals surface area contributed by atoms with Crippen molar-refractivity contribution in [3.05, 3.63) is 59.7 Å². The van der Waals surface area contributed by atoms with Crippen molar-refractivity contribution >= 4 is 11.7 Å². The number of guanidine groups is 1. The molecule has 0 unspecified atom stereocenters. The minimum absolute atomic E-state index is 0.300. The van der Waals surface area contributed by atoms with Crippen LogP contribution in [0.15, 0.2) is 58.6 Å². The number of hydrogen-bond donors (Lipinski definition) is 2. The van der Waals surface area contributed by atoms with Gasteiger partial charge in [-0.15, -0.1) is 0 Å². The van der Waals surface area contributed by atoms with E-state index in [1.807, 2.05) is 24.3 Å². The summed E-state index contributed by atoms with van der Waals surface area (Å²) in [6.45, 7) is 0. The van der Waals surface area contributed by atoms with Crippen molar-refractivity contribution in [2.24, 2.45) is 15.8 Å². The molecule has 0 saturated heterocycles. The summed E-state index contributed by atoms with van der Waals surface area (Å²) in [6.07, 6.45) is 0. The lowest BCUT2D eigenvalue weighted by atomic mass is 10.1. The summed E-state index contributed by atoms with van der Waals surface area (Å²) in [4.78, 5) is 3.84. The Morgan fingerprint density at radius 2 is 1.37 bits per heavy atom. The lowest BCUT2D eigenvalue weighted by molar-refractivity contribution is 1.00. The van der Waals surface area contributed by atoms with E-state index in [9.17, 15) is 0 Å². The summed E-state index contributed by atoms with van der Waals surface area (Å²) in [5.74, 6) is 0.300. The van der Waals surface area contributed by atoms with E-state index in [1.165, 1.54) is 11.1 Å². The van der Waals surface area contributed by atoms with Crippen LogP contribution in [0.3, 0.4) is 0 Å². The van der Waals surface area contributed by atoms with E-state index in [2.05, 4.69) is 39.8 Å². The van der Waals surface area contributed by atoms with Crippen molar-refractivity contribution in [1.29, 1.82) is 0 Å². The molecule has 2 aromatic rings. The van der Waals surface area contributed by atoms with Crippen LogP contribution in [0.2, 0.25) is 0 Å². The van der Waals surface area contributed by atoms with Crippen molar-refractivity contribution in [2.75, 3.05) is 7.05 Å². The predicted molar refractivity (Wildman–Crippen MR) is 78.2 cm³/mol. The smallest absolute Gasteiger partial charge is 0.209 e. The van der Waals surface area contributed by atoms with Crippen LogP contribution in [-0.4, -0.2) is 18.7 Å². The molecule has 0 atom stereocenters. The molecule has 0 amide bonds. The molecule has 0 bridgehead atoms. The van der Waals surface area contributed by atoms with Crippen LogP contribution in [0.25, 0.3) is 11.1 Å². The number of nitrogens with two attached hydrogens (primary N) is 1. The lowest BCUT2D eigenvalue weighted by Crippen LogP contribution is -2.28. The molecular weight excluding hydrogens is 236 g/mol. The average Bonchev–Trinajstić information content (AvgIpc) is 2.79. The van der Waals surface area contributed by atoms with Crippen molar-refractivity contribution in [3.63, 3.8) is 0 Å². The zero-order chi connectivity index (χ0) is 13.2. The molecule has 19 heavy (non-hydrogen) atoms. The quantitative estimate of drug-likeness (QED) is 0.394. The van der Waals surface area contributed by atoms with Gasteiger partial charge in [-0.3, -0.25) is 4.99 Å². The van der Waals surface area contributed by atoms with Gasteiger partial charge in [0.2, 0.25) is 5.96 Å². The standard InChI is InChI=1S/C15H14N4/c1-17-15(16)19-18-14-12-8-4-2-6-10(12)11-7-3-5-9-13(11)14/h2-9H,1H3,(H3,16,17,19). The molecule has 0 fully saturated rings. The second-order valence-corrected chi connectivity index (χ2v) is 4.27. The molecule has 3 rings (SSSR count). The molecule has 1 aliphatic rings. The molecule has 94 valence electrons. The number of aliphatic imine (C=N–C) groups is 1. The monoisotopic (exact) mass is 250 g/mol. The molecule has 4 heteroatoms. The Balaban J connectivity index is 2.15. The minimum Gasteiger partial charge on any atom is -0.369 e. The fraction of sp³-hybridized carbons (Fsp3) is 0.0667. The van der Waals surface area contributed by atoms with E-state index in [4.69, 9.17) is 5.73 Å². The number of hydrogen-bond acceptors (Lipinski definition) is 2. The Morgan fingerprint density at radius 1 is 0.895 bits per heavy atom. The van der Waals surface area contributed by atoms with Gasteiger partial charge in [-0.25, -0.2) is 5.43 Å². The summed E-state index contributed by atoms with van der Waals surface area (Å²) in [5, 5.41) is 4.39. The van der Waals surface area contributed by atoms with Gasteiger partial charge in [0.1, 0.15) is 0 Å². The number of benzene rings is 2. The third-order valence-electron chi connectivity index (χ3n) is 3.18. The Hall–Kier alpha value is -2.62. The van der Waals surface area contributed by atoms with Gasteiger partial charge in [-0.2, -0.15) is 5.10 Å². The summed E-state index contributed by atoms with van der Waals surface area (Å²) in [6, 6.07) is 16.4. The summed E-state index contributed by atoms with van der Waals surface area (Å²) >= 11 is 0. The molecule has 0 spiro atoms. The number of nitrogens with one attached hydrogen (secondary N) is 1. The molecule has 0 aliphatic heterocycles. The number of rotatable bonds is 1. The zero-order valence-electron chi connectivity index (χ0n) is 10.6. The van der Waals surface area contributed by atoms with E-state index >= 15 is 0 Å². The van der Waals surface area contributed by atoms with Gasteiger partial charge in [0.25, 0.3) is 0 Å².